The molecule has 0 saturated carbocycles. The predicted octanol–water partition coefficient (Wildman–Crippen LogP) is 3.28. The number of hydrogen-bond donors (Lipinski definition) is 3. The minimum Gasteiger partial charge on any atom is -0.434 e. The van der Waals surface area contributed by atoms with Crippen molar-refractivity contribution in [3.05, 3.63) is 65.7 Å². The fraction of sp³-hybridized carbons (Fsp3) is 0.300. The van der Waals surface area contributed by atoms with Gasteiger partial charge in [0.2, 0.25) is 5.91 Å². The van der Waals surface area contributed by atoms with E-state index in [0.29, 0.717) is 24.6 Å². The summed E-state index contributed by atoms with van der Waals surface area (Å²) in [5.41, 5.74) is 1.53. The molecule has 9 heteroatoms. The van der Waals surface area contributed by atoms with E-state index >= 15 is 0 Å². The van der Waals surface area contributed by atoms with Gasteiger partial charge >= 0.3 is 6.61 Å². The summed E-state index contributed by atoms with van der Waals surface area (Å²) in [6.07, 6.45) is 0. The second kappa shape index (κ2) is 13.7. The van der Waals surface area contributed by atoms with Gasteiger partial charge in [-0.05, 0) is 18.6 Å². The van der Waals surface area contributed by atoms with Crippen molar-refractivity contribution < 1.29 is 18.3 Å². The van der Waals surface area contributed by atoms with E-state index in [1.54, 1.807) is 18.2 Å². The van der Waals surface area contributed by atoms with Gasteiger partial charge in [-0.1, -0.05) is 48.5 Å². The Morgan fingerprint density at radius 3 is 2.41 bits per heavy atom. The molecule has 3 N–H and O–H groups in total. The number of nitrogens with one attached hydrogen (secondary N) is 3. The van der Waals surface area contributed by atoms with Crippen LogP contribution in [-0.2, 0) is 17.9 Å². The second-order valence-corrected chi connectivity index (χ2v) is 5.80. The number of amides is 1. The van der Waals surface area contributed by atoms with Gasteiger partial charge in [0.05, 0.1) is 13.1 Å². The number of carbonyl (C=O) groups excluding carboxylic acids is 1. The summed E-state index contributed by atoms with van der Waals surface area (Å²) >= 11 is 0. The maximum Gasteiger partial charge on any atom is 0.387 e. The van der Waals surface area contributed by atoms with Crippen molar-refractivity contribution >= 4 is 35.8 Å². The van der Waals surface area contributed by atoms with Gasteiger partial charge in [0.1, 0.15) is 5.75 Å². The fourth-order valence-electron chi connectivity index (χ4n) is 2.37. The van der Waals surface area contributed by atoms with Crippen LogP contribution in [0.25, 0.3) is 0 Å². The molecule has 0 unspecified atom stereocenters. The summed E-state index contributed by atoms with van der Waals surface area (Å²) in [6.45, 7) is 0.183. The van der Waals surface area contributed by atoms with Crippen molar-refractivity contribution in [2.75, 3.05) is 13.1 Å². The number of ether oxygens (including phenoxy) is 1. The number of rotatable bonds is 9. The van der Waals surface area contributed by atoms with Crippen LogP contribution >= 0.6 is 24.0 Å². The van der Waals surface area contributed by atoms with Crippen LogP contribution in [0.5, 0.6) is 5.75 Å². The molecule has 2 aromatic rings. The molecule has 0 aliphatic carbocycles. The molecule has 158 valence electrons. The summed E-state index contributed by atoms with van der Waals surface area (Å²) in [6, 6.07) is 16.1. The molecule has 0 aliphatic heterocycles. The third-order valence-corrected chi connectivity index (χ3v) is 3.69. The highest BCUT2D eigenvalue weighted by Gasteiger charge is 2.09. The summed E-state index contributed by atoms with van der Waals surface area (Å²) in [4.78, 5) is 16.3. The maximum absolute atomic E-state index is 12.5. The summed E-state index contributed by atoms with van der Waals surface area (Å²) < 4.78 is 29.5. The summed E-state index contributed by atoms with van der Waals surface area (Å²) in [5.74, 6) is 0.304. The lowest BCUT2D eigenvalue weighted by Crippen LogP contribution is -2.43. The van der Waals surface area contributed by atoms with Crippen molar-refractivity contribution in [2.24, 2.45) is 4.99 Å². The average molecular weight is 518 g/mol. The molecule has 0 aliphatic rings. The lowest BCUT2D eigenvalue weighted by atomic mass is 10.2. The molecule has 0 atom stereocenters. The number of nitrogens with zero attached hydrogens (tertiary/aromatic N) is 1. The monoisotopic (exact) mass is 518 g/mol. The largest absolute Gasteiger partial charge is 0.434 e. The zero-order valence-corrected chi connectivity index (χ0v) is 18.4. The molecule has 0 saturated heterocycles. The van der Waals surface area contributed by atoms with E-state index in [-0.39, 0.29) is 48.7 Å². The van der Waals surface area contributed by atoms with Crippen LogP contribution in [0.2, 0.25) is 0 Å². The van der Waals surface area contributed by atoms with Crippen LogP contribution in [0.4, 0.5) is 8.78 Å². The Kier molecular flexibility index (Phi) is 11.6. The van der Waals surface area contributed by atoms with Crippen LogP contribution in [0, 0.1) is 0 Å². The number of aliphatic imine (C=N–C) groups is 1. The molecule has 29 heavy (non-hydrogen) atoms. The molecule has 0 fully saturated rings. The lowest BCUT2D eigenvalue weighted by Gasteiger charge is -2.13. The molecule has 1 amide bonds. The van der Waals surface area contributed by atoms with Gasteiger partial charge in [-0.3, -0.25) is 4.79 Å². The molecular weight excluding hydrogens is 493 g/mol. The average Bonchev–Trinajstić information content (AvgIpc) is 2.70. The minimum absolute atomic E-state index is 0. The quantitative estimate of drug-likeness (QED) is 0.271. The van der Waals surface area contributed by atoms with Gasteiger partial charge in [-0.2, -0.15) is 8.78 Å². The third kappa shape index (κ3) is 9.55. The van der Waals surface area contributed by atoms with Crippen molar-refractivity contribution in [3.63, 3.8) is 0 Å². The molecule has 6 nitrogen and oxygen atoms in total. The first-order chi connectivity index (χ1) is 13.6. The molecule has 0 aromatic heterocycles. The van der Waals surface area contributed by atoms with Gasteiger partial charge in [-0.15, -0.1) is 24.0 Å². The Labute approximate surface area is 186 Å². The molecule has 2 aromatic carbocycles. The fourth-order valence-corrected chi connectivity index (χ4v) is 2.37. The predicted molar refractivity (Wildman–Crippen MR) is 120 cm³/mol. The Balaban J connectivity index is 0.00000420. The third-order valence-electron chi connectivity index (χ3n) is 3.69. The van der Waals surface area contributed by atoms with Crippen LogP contribution < -0.4 is 20.7 Å². The Morgan fingerprint density at radius 2 is 1.72 bits per heavy atom. The van der Waals surface area contributed by atoms with E-state index in [1.165, 1.54) is 6.07 Å². The molecule has 0 radical (unpaired) electrons. The van der Waals surface area contributed by atoms with Gasteiger partial charge in [0, 0.05) is 18.7 Å². The van der Waals surface area contributed by atoms with Gasteiger partial charge in [-0.25, -0.2) is 4.99 Å². The van der Waals surface area contributed by atoms with Gasteiger partial charge in [0.25, 0.3) is 0 Å². The molecule has 0 spiro atoms. The van der Waals surface area contributed by atoms with Crippen molar-refractivity contribution in [2.45, 2.75) is 26.6 Å². The highest BCUT2D eigenvalue weighted by molar-refractivity contribution is 14.0. The van der Waals surface area contributed by atoms with E-state index in [9.17, 15) is 13.6 Å². The summed E-state index contributed by atoms with van der Waals surface area (Å²) in [7, 11) is 0. The number of benzene rings is 2. The number of para-hydroxylation sites is 1. The number of hydrogen-bond acceptors (Lipinski definition) is 3. The molecular formula is C20H25F2IN4O2. The van der Waals surface area contributed by atoms with Crippen LogP contribution in [0.15, 0.2) is 59.6 Å². The van der Waals surface area contributed by atoms with Crippen LogP contribution in [0.1, 0.15) is 18.1 Å². The zero-order valence-electron chi connectivity index (χ0n) is 16.0. The molecule has 0 bridgehead atoms. The molecule has 0 heterocycles. The Bertz CT molecular complexity index is 776. The highest BCUT2D eigenvalue weighted by Crippen LogP contribution is 2.20. The normalized spacial score (nSPS) is 10.8. The van der Waals surface area contributed by atoms with Crippen LogP contribution in [-0.4, -0.2) is 31.6 Å². The highest BCUT2D eigenvalue weighted by atomic mass is 127. The Hall–Kier alpha value is -2.43. The van der Waals surface area contributed by atoms with Gasteiger partial charge < -0.3 is 20.7 Å². The van der Waals surface area contributed by atoms with Crippen molar-refractivity contribution in [1.29, 1.82) is 0 Å². The van der Waals surface area contributed by atoms with E-state index in [1.807, 2.05) is 37.3 Å². The van der Waals surface area contributed by atoms with Crippen molar-refractivity contribution in [1.82, 2.24) is 16.0 Å². The van der Waals surface area contributed by atoms with E-state index < -0.39 is 6.61 Å². The van der Waals surface area contributed by atoms with Crippen molar-refractivity contribution in [3.8, 4) is 5.75 Å². The standard InChI is InChI=1S/C20H24F2N4O2.HI/c1-2-23-20(25-13-16-10-6-7-11-17(16)28-19(21)22)26-14-18(27)24-12-15-8-4-3-5-9-15;/h3-11,19H,2,12-14H2,1H3,(H,24,27)(H2,23,25,26);1H. The Morgan fingerprint density at radius 1 is 1.03 bits per heavy atom. The van der Waals surface area contributed by atoms with E-state index in [4.69, 9.17) is 0 Å². The molecule has 2 rings (SSSR count). The van der Waals surface area contributed by atoms with Crippen LogP contribution in [0.3, 0.4) is 0 Å². The number of halogens is 3. The second-order valence-electron chi connectivity index (χ2n) is 5.80. The number of carbonyl (C=O) groups is 1. The summed E-state index contributed by atoms with van der Waals surface area (Å²) in [5, 5.41) is 8.75. The topological polar surface area (TPSA) is 74.8 Å². The number of guanidine groups is 1. The van der Waals surface area contributed by atoms with E-state index in [2.05, 4.69) is 25.7 Å². The zero-order chi connectivity index (χ0) is 20.2. The first-order valence-electron chi connectivity index (χ1n) is 8.94. The first kappa shape index (κ1) is 24.6. The maximum atomic E-state index is 12.5. The minimum atomic E-state index is -2.90. The van der Waals surface area contributed by atoms with E-state index in [0.717, 1.165) is 5.56 Å². The SMILES string of the molecule is CCNC(=NCc1ccccc1OC(F)F)NCC(=O)NCc1ccccc1.I. The lowest BCUT2D eigenvalue weighted by molar-refractivity contribution is -0.120. The number of alkyl halides is 2. The smallest absolute Gasteiger partial charge is 0.387 e. The van der Waals surface area contributed by atoms with Gasteiger partial charge in [0.15, 0.2) is 5.96 Å². The first-order valence-corrected chi connectivity index (χ1v) is 8.94.